The smallest absolute Gasteiger partial charge is 0.362 e. The summed E-state index contributed by atoms with van der Waals surface area (Å²) in [4.78, 5) is 11.3. The predicted octanol–water partition coefficient (Wildman–Crippen LogP) is 0.601. The lowest BCUT2D eigenvalue weighted by Gasteiger charge is -2.13. The molecule has 2 N–H and O–H groups in total. The Morgan fingerprint density at radius 1 is 1.56 bits per heavy atom. The third kappa shape index (κ3) is 1.46. The van der Waals surface area contributed by atoms with E-state index in [2.05, 4.69) is 20.6 Å². The predicted molar refractivity (Wildman–Crippen MR) is 59.9 cm³/mol. The van der Waals surface area contributed by atoms with Crippen molar-refractivity contribution in [1.82, 2.24) is 19.8 Å². The second kappa shape index (κ2) is 3.21. The highest BCUT2D eigenvalue weighted by molar-refractivity contribution is 6.19. The van der Waals surface area contributed by atoms with Gasteiger partial charge in [-0.3, -0.25) is 0 Å². The van der Waals surface area contributed by atoms with Gasteiger partial charge >= 0.3 is 5.69 Å². The van der Waals surface area contributed by atoms with Crippen LogP contribution in [0.1, 0.15) is 12.8 Å². The minimum Gasteiger partial charge on any atom is -0.362 e. The van der Waals surface area contributed by atoms with Crippen LogP contribution in [0.3, 0.4) is 0 Å². The van der Waals surface area contributed by atoms with E-state index >= 15 is 0 Å². The Kier molecular flexibility index (Phi) is 1.94. The van der Waals surface area contributed by atoms with Crippen molar-refractivity contribution in [2.24, 2.45) is 0 Å². The maximum absolute atomic E-state index is 11.3. The normalized spacial score (nSPS) is 17.6. The van der Waals surface area contributed by atoms with Gasteiger partial charge in [-0.2, -0.15) is 9.61 Å². The van der Waals surface area contributed by atoms with E-state index in [1.54, 1.807) is 12.1 Å². The van der Waals surface area contributed by atoms with Gasteiger partial charge in [-0.15, -0.1) is 16.7 Å². The number of hydrogen-bond donors (Lipinski definition) is 2. The van der Waals surface area contributed by atoms with E-state index in [4.69, 9.17) is 11.6 Å². The zero-order valence-electron chi connectivity index (χ0n) is 8.40. The number of anilines is 1. The Morgan fingerprint density at radius 3 is 3.06 bits per heavy atom. The zero-order valence-corrected chi connectivity index (χ0v) is 9.16. The van der Waals surface area contributed by atoms with Gasteiger partial charge in [0, 0.05) is 5.88 Å². The molecule has 0 atom stereocenters. The minimum absolute atomic E-state index is 0.0322. The van der Waals surface area contributed by atoms with Crippen LogP contribution >= 0.6 is 11.6 Å². The van der Waals surface area contributed by atoms with Crippen LogP contribution in [0, 0.1) is 0 Å². The van der Waals surface area contributed by atoms with E-state index in [0.29, 0.717) is 17.3 Å². The van der Waals surface area contributed by atoms with E-state index in [1.165, 1.54) is 4.52 Å². The van der Waals surface area contributed by atoms with Crippen LogP contribution in [0.25, 0.3) is 5.65 Å². The number of H-pyrrole nitrogens is 1. The number of nitrogens with one attached hydrogen (secondary N) is 2. The molecule has 0 radical (unpaired) electrons. The molecule has 0 amide bonds. The molecule has 2 aromatic rings. The van der Waals surface area contributed by atoms with Gasteiger partial charge in [-0.25, -0.2) is 9.89 Å². The third-order valence-corrected chi connectivity index (χ3v) is 3.29. The first-order valence-corrected chi connectivity index (χ1v) is 5.55. The van der Waals surface area contributed by atoms with E-state index in [9.17, 15) is 4.79 Å². The number of nitrogens with zero attached hydrogens (tertiary/aromatic N) is 3. The molecule has 0 bridgehead atoms. The van der Waals surface area contributed by atoms with Crippen molar-refractivity contribution >= 4 is 23.1 Å². The maximum atomic E-state index is 11.3. The molecule has 7 heteroatoms. The lowest BCUT2D eigenvalue weighted by Crippen LogP contribution is -2.25. The summed E-state index contributed by atoms with van der Waals surface area (Å²) in [6.07, 6.45) is 2.08. The van der Waals surface area contributed by atoms with Crippen molar-refractivity contribution in [2.45, 2.75) is 18.4 Å². The average molecular weight is 240 g/mol. The van der Waals surface area contributed by atoms with Gasteiger partial charge < -0.3 is 5.32 Å². The van der Waals surface area contributed by atoms with Gasteiger partial charge in [0.2, 0.25) is 0 Å². The first-order valence-electron chi connectivity index (χ1n) is 5.01. The maximum Gasteiger partial charge on any atom is 0.364 e. The van der Waals surface area contributed by atoms with Crippen molar-refractivity contribution in [2.75, 3.05) is 11.2 Å². The van der Waals surface area contributed by atoms with E-state index < -0.39 is 0 Å². The summed E-state index contributed by atoms with van der Waals surface area (Å²) in [5, 5.41) is 13.5. The molecule has 0 saturated heterocycles. The Hall–Kier alpha value is -1.56. The van der Waals surface area contributed by atoms with Crippen molar-refractivity contribution in [1.29, 1.82) is 0 Å². The molecule has 2 aromatic heterocycles. The highest BCUT2D eigenvalue weighted by Gasteiger charge is 2.42. The standard InChI is InChI=1S/C9H10ClN5O/c10-5-9(3-4-9)11-6-1-2-7-12-13-8(16)15(7)14-6/h1-2H,3-5H2,(H,11,14)(H,13,16). The second-order valence-corrected chi connectivity index (χ2v) is 4.32. The van der Waals surface area contributed by atoms with Crippen LogP contribution in [0.2, 0.25) is 0 Å². The highest BCUT2D eigenvalue weighted by atomic mass is 35.5. The van der Waals surface area contributed by atoms with Gasteiger partial charge in [-0.05, 0) is 25.0 Å². The molecule has 0 unspecified atom stereocenters. The van der Waals surface area contributed by atoms with Gasteiger partial charge in [0.05, 0.1) is 5.54 Å². The quantitative estimate of drug-likeness (QED) is 0.770. The minimum atomic E-state index is -0.339. The summed E-state index contributed by atoms with van der Waals surface area (Å²) in [6, 6.07) is 3.53. The monoisotopic (exact) mass is 239 g/mol. The summed E-state index contributed by atoms with van der Waals surface area (Å²) < 4.78 is 1.23. The molecule has 84 valence electrons. The molecule has 0 aromatic carbocycles. The SMILES string of the molecule is O=c1[nH]nc2ccc(NC3(CCl)CC3)nn12. The number of aromatic nitrogens is 4. The molecule has 3 rings (SSSR count). The summed E-state index contributed by atoms with van der Waals surface area (Å²) in [5.41, 5.74) is 0.135. The molecule has 2 heterocycles. The third-order valence-electron chi connectivity index (χ3n) is 2.78. The van der Waals surface area contributed by atoms with Gasteiger partial charge in [0.1, 0.15) is 5.82 Å². The van der Waals surface area contributed by atoms with Crippen molar-refractivity contribution in [3.8, 4) is 0 Å². The van der Waals surface area contributed by atoms with E-state index in [1.807, 2.05) is 0 Å². The van der Waals surface area contributed by atoms with E-state index in [0.717, 1.165) is 12.8 Å². The van der Waals surface area contributed by atoms with Crippen molar-refractivity contribution in [3.63, 3.8) is 0 Å². The van der Waals surface area contributed by atoms with Crippen LogP contribution < -0.4 is 11.0 Å². The molecular formula is C9H10ClN5O. The number of rotatable bonds is 3. The molecule has 1 aliphatic rings. The first-order chi connectivity index (χ1) is 7.72. The number of fused-ring (bicyclic) bond motifs is 1. The number of hydrogen-bond acceptors (Lipinski definition) is 4. The zero-order chi connectivity index (χ0) is 11.2. The number of aromatic amines is 1. The van der Waals surface area contributed by atoms with Crippen molar-refractivity contribution < 1.29 is 0 Å². The molecule has 0 aliphatic heterocycles. The Morgan fingerprint density at radius 2 is 2.38 bits per heavy atom. The van der Waals surface area contributed by atoms with Crippen LogP contribution in [-0.2, 0) is 0 Å². The average Bonchev–Trinajstić information content (AvgIpc) is 2.98. The molecule has 1 fully saturated rings. The fraction of sp³-hybridized carbons (Fsp3) is 0.444. The molecule has 1 saturated carbocycles. The Balaban J connectivity index is 1.98. The fourth-order valence-corrected chi connectivity index (χ4v) is 1.92. The fourth-order valence-electron chi connectivity index (χ4n) is 1.58. The van der Waals surface area contributed by atoms with Crippen LogP contribution in [0.4, 0.5) is 5.82 Å². The molecule has 6 nitrogen and oxygen atoms in total. The first kappa shape index (κ1) is 9.65. The Labute approximate surface area is 95.6 Å². The van der Waals surface area contributed by atoms with Crippen LogP contribution in [0.15, 0.2) is 16.9 Å². The second-order valence-electron chi connectivity index (χ2n) is 4.06. The summed E-state index contributed by atoms with van der Waals surface area (Å²) in [6.45, 7) is 0. The lowest BCUT2D eigenvalue weighted by molar-refractivity contribution is 0.802. The van der Waals surface area contributed by atoms with Crippen LogP contribution in [0.5, 0.6) is 0 Å². The van der Waals surface area contributed by atoms with Gasteiger partial charge in [-0.1, -0.05) is 0 Å². The van der Waals surface area contributed by atoms with Crippen LogP contribution in [-0.4, -0.2) is 31.2 Å². The summed E-state index contributed by atoms with van der Waals surface area (Å²) in [5.74, 6) is 1.20. The molecular weight excluding hydrogens is 230 g/mol. The lowest BCUT2D eigenvalue weighted by atomic mass is 10.3. The highest BCUT2D eigenvalue weighted by Crippen LogP contribution is 2.39. The number of alkyl halides is 1. The largest absolute Gasteiger partial charge is 0.364 e. The molecule has 1 aliphatic carbocycles. The van der Waals surface area contributed by atoms with E-state index in [-0.39, 0.29) is 11.2 Å². The van der Waals surface area contributed by atoms with Gasteiger partial charge in [0.15, 0.2) is 5.65 Å². The summed E-state index contributed by atoms with van der Waals surface area (Å²) >= 11 is 5.86. The molecule has 0 spiro atoms. The molecule has 16 heavy (non-hydrogen) atoms. The van der Waals surface area contributed by atoms with Gasteiger partial charge in [0.25, 0.3) is 0 Å². The Bertz CT molecular complexity index is 585. The topological polar surface area (TPSA) is 75.1 Å². The van der Waals surface area contributed by atoms with Crippen molar-refractivity contribution in [3.05, 3.63) is 22.6 Å². The summed E-state index contributed by atoms with van der Waals surface area (Å²) in [7, 11) is 0. The number of halogens is 1.